The molecule has 0 bridgehead atoms. The first-order valence-electron chi connectivity index (χ1n) is 8.29. The van der Waals surface area contributed by atoms with Crippen molar-refractivity contribution in [2.24, 2.45) is 0 Å². The number of urea groups is 1. The van der Waals surface area contributed by atoms with Crippen LogP contribution in [0.3, 0.4) is 0 Å². The van der Waals surface area contributed by atoms with Gasteiger partial charge in [0.25, 0.3) is 5.91 Å². The lowest BCUT2D eigenvalue weighted by molar-refractivity contribution is -0.133. The van der Waals surface area contributed by atoms with Crippen molar-refractivity contribution in [2.75, 3.05) is 19.0 Å². The van der Waals surface area contributed by atoms with Crippen LogP contribution in [0, 0.1) is 11.6 Å². The van der Waals surface area contributed by atoms with Crippen LogP contribution in [0.15, 0.2) is 42.5 Å². The van der Waals surface area contributed by atoms with E-state index < -0.39 is 41.6 Å². The number of imide groups is 1. The molecule has 1 aliphatic rings. The Labute approximate surface area is 159 Å². The summed E-state index contributed by atoms with van der Waals surface area (Å²) in [6.07, 6.45) is 0. The van der Waals surface area contributed by atoms with Crippen molar-refractivity contribution in [3.05, 3.63) is 59.7 Å². The van der Waals surface area contributed by atoms with E-state index in [-0.39, 0.29) is 5.56 Å². The van der Waals surface area contributed by atoms with Crippen LogP contribution in [-0.4, -0.2) is 36.4 Å². The maximum absolute atomic E-state index is 14.1. The number of hydrogen-bond donors (Lipinski definition) is 2. The van der Waals surface area contributed by atoms with E-state index in [0.717, 1.165) is 18.2 Å². The summed E-state index contributed by atoms with van der Waals surface area (Å²) in [6.45, 7) is 0.651. The average Bonchev–Trinajstić information content (AvgIpc) is 2.88. The lowest BCUT2D eigenvalue weighted by Crippen LogP contribution is -2.42. The molecule has 9 heteroatoms. The molecule has 28 heavy (non-hydrogen) atoms. The highest BCUT2D eigenvalue weighted by Gasteiger charge is 2.50. The van der Waals surface area contributed by atoms with Crippen LogP contribution in [0.2, 0.25) is 0 Å². The molecule has 7 nitrogen and oxygen atoms in total. The van der Waals surface area contributed by atoms with Crippen molar-refractivity contribution < 1.29 is 27.9 Å². The molecule has 1 aliphatic heterocycles. The van der Waals surface area contributed by atoms with Crippen LogP contribution < -0.4 is 15.4 Å². The molecule has 1 saturated heterocycles. The molecule has 1 heterocycles. The number of rotatable bonds is 5. The molecule has 0 aromatic heterocycles. The van der Waals surface area contributed by atoms with E-state index >= 15 is 0 Å². The van der Waals surface area contributed by atoms with E-state index in [1.54, 1.807) is 24.3 Å². The minimum atomic E-state index is -1.83. The number of hydrogen-bond acceptors (Lipinski definition) is 4. The van der Waals surface area contributed by atoms with Gasteiger partial charge in [0.15, 0.2) is 0 Å². The normalized spacial score (nSPS) is 18.8. The fourth-order valence-corrected chi connectivity index (χ4v) is 2.99. The largest absolute Gasteiger partial charge is 0.495 e. The van der Waals surface area contributed by atoms with Gasteiger partial charge < -0.3 is 15.4 Å². The van der Waals surface area contributed by atoms with Crippen molar-refractivity contribution in [3.8, 4) is 5.75 Å². The molecule has 4 amide bonds. The highest BCUT2D eigenvalue weighted by atomic mass is 19.1. The van der Waals surface area contributed by atoms with Gasteiger partial charge in [-0.15, -0.1) is 0 Å². The first kappa shape index (κ1) is 19.3. The first-order chi connectivity index (χ1) is 13.3. The molecule has 3 rings (SSSR count). The third-order valence-corrected chi connectivity index (χ3v) is 4.42. The van der Waals surface area contributed by atoms with Gasteiger partial charge in [0.1, 0.15) is 29.5 Å². The SMILES string of the molecule is COc1ccccc1NC(=O)CN1C(=O)N[C@](C)(c2cc(F)ccc2F)C1=O. The van der Waals surface area contributed by atoms with Gasteiger partial charge in [-0.3, -0.25) is 14.5 Å². The predicted molar refractivity (Wildman–Crippen MR) is 95.6 cm³/mol. The standard InChI is InChI=1S/C19H17F2N3O4/c1-19(12-9-11(20)7-8-13(12)21)17(26)24(18(27)23-19)10-16(25)22-14-5-3-4-6-15(14)28-2/h3-9H,10H2,1-2H3,(H,22,25)(H,23,27)/t19-/m1/s1. The second kappa shape index (κ2) is 7.26. The number of nitrogens with one attached hydrogen (secondary N) is 2. The Balaban J connectivity index is 1.80. The van der Waals surface area contributed by atoms with Gasteiger partial charge in [-0.05, 0) is 37.3 Å². The second-order valence-electron chi connectivity index (χ2n) is 6.32. The van der Waals surface area contributed by atoms with Gasteiger partial charge in [-0.1, -0.05) is 12.1 Å². The molecule has 2 aromatic carbocycles. The lowest BCUT2D eigenvalue weighted by Gasteiger charge is -2.22. The number of halogens is 2. The van der Waals surface area contributed by atoms with Crippen LogP contribution in [0.25, 0.3) is 0 Å². The van der Waals surface area contributed by atoms with E-state index in [4.69, 9.17) is 4.74 Å². The fraction of sp³-hybridized carbons (Fsp3) is 0.211. The molecular weight excluding hydrogens is 372 g/mol. The van der Waals surface area contributed by atoms with E-state index in [2.05, 4.69) is 10.6 Å². The summed E-state index contributed by atoms with van der Waals surface area (Å²) < 4.78 is 32.8. The van der Waals surface area contributed by atoms with E-state index in [1.165, 1.54) is 14.0 Å². The summed E-state index contributed by atoms with van der Waals surface area (Å²) in [5.74, 6) is -2.72. The van der Waals surface area contributed by atoms with Crippen LogP contribution in [0.5, 0.6) is 5.75 Å². The molecule has 0 saturated carbocycles. The molecule has 0 unspecified atom stereocenters. The summed E-state index contributed by atoms with van der Waals surface area (Å²) in [5.41, 5.74) is -1.78. The second-order valence-corrected chi connectivity index (χ2v) is 6.32. The molecule has 0 spiro atoms. The van der Waals surface area contributed by atoms with E-state index in [9.17, 15) is 23.2 Å². The Bertz CT molecular complexity index is 966. The summed E-state index contributed by atoms with van der Waals surface area (Å²) in [6, 6.07) is 8.34. The third-order valence-electron chi connectivity index (χ3n) is 4.42. The van der Waals surface area contributed by atoms with Gasteiger partial charge >= 0.3 is 6.03 Å². The summed E-state index contributed by atoms with van der Waals surface area (Å²) in [7, 11) is 1.43. The smallest absolute Gasteiger partial charge is 0.325 e. The Morgan fingerprint density at radius 3 is 2.64 bits per heavy atom. The third kappa shape index (κ3) is 3.38. The van der Waals surface area contributed by atoms with Crippen molar-refractivity contribution in [1.29, 1.82) is 0 Å². The minimum Gasteiger partial charge on any atom is -0.495 e. The molecule has 2 aromatic rings. The van der Waals surface area contributed by atoms with Crippen molar-refractivity contribution >= 4 is 23.5 Å². The summed E-state index contributed by atoms with van der Waals surface area (Å²) in [4.78, 5) is 38.0. The Morgan fingerprint density at radius 2 is 1.93 bits per heavy atom. The number of ether oxygens (including phenoxy) is 1. The zero-order chi connectivity index (χ0) is 20.5. The number of anilines is 1. The molecule has 0 aliphatic carbocycles. The van der Waals surface area contributed by atoms with Crippen LogP contribution in [0.1, 0.15) is 12.5 Å². The molecule has 0 radical (unpaired) electrons. The predicted octanol–water partition coefficient (Wildman–Crippen LogP) is 2.38. The lowest BCUT2D eigenvalue weighted by atomic mass is 9.91. The monoisotopic (exact) mass is 389 g/mol. The average molecular weight is 389 g/mol. The maximum atomic E-state index is 14.1. The number of carbonyl (C=O) groups is 3. The molecule has 146 valence electrons. The van der Waals surface area contributed by atoms with Gasteiger partial charge in [0.2, 0.25) is 5.91 Å². The van der Waals surface area contributed by atoms with Crippen LogP contribution >= 0.6 is 0 Å². The minimum absolute atomic E-state index is 0.321. The molecule has 2 N–H and O–H groups in total. The molecular formula is C19H17F2N3O4. The molecule has 1 fully saturated rings. The fourth-order valence-electron chi connectivity index (χ4n) is 2.99. The number of benzene rings is 2. The van der Waals surface area contributed by atoms with Gasteiger partial charge in [0.05, 0.1) is 12.8 Å². The number of para-hydroxylation sites is 2. The number of methoxy groups -OCH3 is 1. The van der Waals surface area contributed by atoms with Gasteiger partial charge in [-0.25, -0.2) is 13.6 Å². The highest BCUT2D eigenvalue weighted by molar-refractivity contribution is 6.10. The van der Waals surface area contributed by atoms with Crippen LogP contribution in [-0.2, 0) is 15.1 Å². The Morgan fingerprint density at radius 1 is 1.21 bits per heavy atom. The summed E-state index contributed by atoms with van der Waals surface area (Å²) in [5, 5.41) is 4.88. The van der Waals surface area contributed by atoms with Gasteiger partial charge in [-0.2, -0.15) is 0 Å². The number of carbonyl (C=O) groups excluding carboxylic acids is 3. The van der Waals surface area contributed by atoms with E-state index in [1.807, 2.05) is 0 Å². The van der Waals surface area contributed by atoms with Crippen molar-refractivity contribution in [3.63, 3.8) is 0 Å². The van der Waals surface area contributed by atoms with Crippen LogP contribution in [0.4, 0.5) is 19.3 Å². The van der Waals surface area contributed by atoms with Crippen molar-refractivity contribution in [1.82, 2.24) is 10.2 Å². The topological polar surface area (TPSA) is 87.7 Å². The first-order valence-corrected chi connectivity index (χ1v) is 8.29. The Hall–Kier alpha value is -3.49. The number of amides is 4. The van der Waals surface area contributed by atoms with E-state index in [0.29, 0.717) is 16.3 Å². The molecule has 1 atom stereocenters. The quantitative estimate of drug-likeness (QED) is 0.769. The Kier molecular flexibility index (Phi) is 5.00. The number of nitrogens with zero attached hydrogens (tertiary/aromatic N) is 1. The highest BCUT2D eigenvalue weighted by Crippen LogP contribution is 2.31. The summed E-state index contributed by atoms with van der Waals surface area (Å²) >= 11 is 0. The van der Waals surface area contributed by atoms with Gasteiger partial charge in [0, 0.05) is 5.56 Å². The zero-order valence-corrected chi connectivity index (χ0v) is 15.1. The van der Waals surface area contributed by atoms with Crippen molar-refractivity contribution in [2.45, 2.75) is 12.5 Å². The maximum Gasteiger partial charge on any atom is 0.325 e. The zero-order valence-electron chi connectivity index (χ0n) is 15.1.